The Labute approximate surface area is 240 Å². The Morgan fingerprint density at radius 3 is 2.61 bits per heavy atom. The molecule has 1 aliphatic heterocycles. The number of ether oxygens (including phenoxy) is 2. The highest BCUT2D eigenvalue weighted by Gasteiger charge is 2.43. The average molecular weight is 564 g/mol. The van der Waals surface area contributed by atoms with E-state index in [1.807, 2.05) is 31.2 Å². The molecule has 0 spiro atoms. The van der Waals surface area contributed by atoms with Gasteiger partial charge in [0.1, 0.15) is 5.75 Å². The molecule has 0 radical (unpaired) electrons. The lowest BCUT2D eigenvalue weighted by Crippen LogP contribution is -2.48. The van der Waals surface area contributed by atoms with Crippen LogP contribution in [-0.4, -0.2) is 48.8 Å². The van der Waals surface area contributed by atoms with E-state index in [-0.39, 0.29) is 31.2 Å². The van der Waals surface area contributed by atoms with E-state index in [1.54, 1.807) is 41.3 Å². The number of nitrogens with two attached hydrogens (primary N) is 1. The fourth-order valence-corrected chi connectivity index (χ4v) is 5.45. The first-order valence-electron chi connectivity index (χ1n) is 13.9. The lowest BCUT2D eigenvalue weighted by molar-refractivity contribution is -0.0581. The van der Waals surface area contributed by atoms with Crippen molar-refractivity contribution in [2.75, 3.05) is 26.7 Å². The zero-order chi connectivity index (χ0) is 29.4. The van der Waals surface area contributed by atoms with Crippen molar-refractivity contribution in [2.45, 2.75) is 44.8 Å². The minimum absolute atomic E-state index is 0.0534. The molecule has 9 heteroatoms. The van der Waals surface area contributed by atoms with Gasteiger partial charge < -0.3 is 30.5 Å². The maximum atomic E-state index is 15.4. The topological polar surface area (TPSA) is 114 Å². The second-order valence-corrected chi connectivity index (χ2v) is 10.5. The van der Waals surface area contributed by atoms with Gasteiger partial charge in [-0.2, -0.15) is 0 Å². The summed E-state index contributed by atoms with van der Waals surface area (Å²) in [7, 11) is 1.28. The monoisotopic (exact) mass is 563 g/mol. The van der Waals surface area contributed by atoms with Crippen molar-refractivity contribution in [2.24, 2.45) is 11.7 Å². The first-order chi connectivity index (χ1) is 19.7. The van der Waals surface area contributed by atoms with Gasteiger partial charge in [-0.1, -0.05) is 36.4 Å². The predicted molar refractivity (Wildman–Crippen MR) is 154 cm³/mol. The standard InChI is InChI=1S/C32H38FN3O5/c1-22-7-3-9-26(19-22)41-29-27(10-4-11-28(29)33)32(39,16-6-17-35-31(38)40-2)25-8-5-18-36(21-25)30(37)24-14-12-23(20-34)13-15-24/h3-4,7,9-15,19,25,39H,5-6,8,16-18,20-21,34H2,1-2H3,(H,35,38). The number of piperidine rings is 1. The van der Waals surface area contributed by atoms with Crippen LogP contribution in [0.2, 0.25) is 0 Å². The molecule has 2 unspecified atom stereocenters. The third-order valence-corrected chi connectivity index (χ3v) is 7.65. The molecular weight excluding hydrogens is 525 g/mol. The lowest BCUT2D eigenvalue weighted by atomic mass is 9.73. The van der Waals surface area contributed by atoms with Crippen LogP contribution in [0.3, 0.4) is 0 Å². The molecule has 0 bridgehead atoms. The van der Waals surface area contributed by atoms with Gasteiger partial charge in [-0.3, -0.25) is 4.79 Å². The molecule has 3 aromatic carbocycles. The van der Waals surface area contributed by atoms with E-state index in [0.29, 0.717) is 49.2 Å². The summed E-state index contributed by atoms with van der Waals surface area (Å²) < 4.78 is 26.1. The van der Waals surface area contributed by atoms with Crippen molar-refractivity contribution in [3.8, 4) is 11.5 Å². The number of carbonyl (C=O) groups excluding carboxylic acids is 2. The highest BCUT2D eigenvalue weighted by atomic mass is 19.1. The maximum Gasteiger partial charge on any atom is 0.406 e. The number of aryl methyl sites for hydroxylation is 1. The fraction of sp³-hybridized carbons (Fsp3) is 0.375. The van der Waals surface area contributed by atoms with Gasteiger partial charge in [-0.25, -0.2) is 9.18 Å². The summed E-state index contributed by atoms with van der Waals surface area (Å²) in [4.78, 5) is 26.8. The van der Waals surface area contributed by atoms with Gasteiger partial charge in [0.05, 0.1) is 12.7 Å². The number of halogens is 1. The summed E-state index contributed by atoms with van der Waals surface area (Å²) in [5.41, 5.74) is 6.88. The van der Waals surface area contributed by atoms with Crippen molar-refractivity contribution in [3.05, 3.63) is 94.8 Å². The van der Waals surface area contributed by atoms with Crippen LogP contribution in [-0.2, 0) is 16.9 Å². The number of likely N-dealkylation sites (tertiary alicyclic amines) is 1. The summed E-state index contributed by atoms with van der Waals surface area (Å²) >= 11 is 0. The summed E-state index contributed by atoms with van der Waals surface area (Å²) in [5, 5.41) is 15.1. The van der Waals surface area contributed by atoms with Crippen LogP contribution in [0.4, 0.5) is 9.18 Å². The van der Waals surface area contributed by atoms with Crippen molar-refractivity contribution < 1.29 is 28.6 Å². The molecule has 1 fully saturated rings. The summed E-state index contributed by atoms with van der Waals surface area (Å²) in [6, 6.07) is 19.0. The number of para-hydroxylation sites is 1. The largest absolute Gasteiger partial charge is 0.454 e. The second kappa shape index (κ2) is 13.6. The molecule has 4 rings (SSSR count). The Kier molecular flexibility index (Phi) is 9.96. The number of benzene rings is 3. The van der Waals surface area contributed by atoms with Crippen LogP contribution in [0, 0.1) is 18.7 Å². The van der Waals surface area contributed by atoms with Crippen LogP contribution in [0.15, 0.2) is 66.7 Å². The van der Waals surface area contributed by atoms with Crippen LogP contribution in [0.1, 0.15) is 52.7 Å². The Morgan fingerprint density at radius 2 is 1.90 bits per heavy atom. The number of aliphatic hydroxyl groups is 1. The van der Waals surface area contributed by atoms with E-state index in [9.17, 15) is 14.7 Å². The average Bonchev–Trinajstić information content (AvgIpc) is 2.99. The third-order valence-electron chi connectivity index (χ3n) is 7.65. The van der Waals surface area contributed by atoms with Crippen LogP contribution >= 0.6 is 0 Å². The van der Waals surface area contributed by atoms with E-state index >= 15 is 4.39 Å². The van der Waals surface area contributed by atoms with Gasteiger partial charge >= 0.3 is 6.09 Å². The molecule has 2 atom stereocenters. The van der Waals surface area contributed by atoms with Gasteiger partial charge in [0, 0.05) is 43.2 Å². The number of hydrogen-bond acceptors (Lipinski definition) is 6. The van der Waals surface area contributed by atoms with Crippen LogP contribution < -0.4 is 15.8 Å². The quantitative estimate of drug-likeness (QED) is 0.290. The number of methoxy groups -OCH3 is 1. The maximum absolute atomic E-state index is 15.4. The number of alkyl carbamates (subject to hydrolysis) is 1. The molecule has 1 saturated heterocycles. The molecule has 218 valence electrons. The number of rotatable bonds is 10. The van der Waals surface area contributed by atoms with E-state index in [1.165, 1.54) is 13.2 Å². The van der Waals surface area contributed by atoms with Crippen molar-refractivity contribution in [3.63, 3.8) is 0 Å². The normalized spacial score (nSPS) is 16.5. The Hall–Kier alpha value is -3.95. The Balaban J connectivity index is 1.66. The van der Waals surface area contributed by atoms with E-state index in [0.717, 1.165) is 11.1 Å². The highest BCUT2D eigenvalue weighted by molar-refractivity contribution is 5.94. The summed E-state index contributed by atoms with van der Waals surface area (Å²) in [5.74, 6) is -0.750. The first-order valence-corrected chi connectivity index (χ1v) is 13.9. The second-order valence-electron chi connectivity index (χ2n) is 10.5. The van der Waals surface area contributed by atoms with E-state index < -0.39 is 23.4 Å². The van der Waals surface area contributed by atoms with Gasteiger partial charge in [-0.05, 0) is 74.1 Å². The van der Waals surface area contributed by atoms with Gasteiger partial charge in [-0.15, -0.1) is 0 Å². The molecule has 1 heterocycles. The van der Waals surface area contributed by atoms with Crippen LogP contribution in [0.25, 0.3) is 0 Å². The molecule has 2 amide bonds. The molecule has 4 N–H and O–H groups in total. The van der Waals surface area contributed by atoms with Crippen molar-refractivity contribution in [1.82, 2.24) is 10.2 Å². The molecular formula is C32H38FN3O5. The van der Waals surface area contributed by atoms with Gasteiger partial charge in [0.15, 0.2) is 11.6 Å². The first kappa shape index (κ1) is 30.0. The third kappa shape index (κ3) is 7.23. The van der Waals surface area contributed by atoms with Crippen LogP contribution in [0.5, 0.6) is 11.5 Å². The number of nitrogens with one attached hydrogen (secondary N) is 1. The number of carbonyl (C=O) groups is 2. The Morgan fingerprint density at radius 1 is 1.15 bits per heavy atom. The molecule has 0 aliphatic carbocycles. The van der Waals surface area contributed by atoms with Crippen molar-refractivity contribution in [1.29, 1.82) is 0 Å². The SMILES string of the molecule is COC(=O)NCCCC(O)(c1cccc(F)c1Oc1cccc(C)c1)C1CCCN(C(=O)c2ccc(CN)cc2)C1. The van der Waals surface area contributed by atoms with Crippen molar-refractivity contribution >= 4 is 12.0 Å². The minimum atomic E-state index is -1.55. The predicted octanol–water partition coefficient (Wildman–Crippen LogP) is 5.26. The van der Waals surface area contributed by atoms with Gasteiger partial charge in [0.25, 0.3) is 5.91 Å². The molecule has 8 nitrogen and oxygen atoms in total. The van der Waals surface area contributed by atoms with Gasteiger partial charge in [0.2, 0.25) is 0 Å². The smallest absolute Gasteiger partial charge is 0.406 e. The number of amides is 2. The zero-order valence-corrected chi connectivity index (χ0v) is 23.6. The minimum Gasteiger partial charge on any atom is -0.454 e. The molecule has 3 aromatic rings. The molecule has 0 saturated carbocycles. The summed E-state index contributed by atoms with van der Waals surface area (Å²) in [6.07, 6.45) is 1.30. The fourth-order valence-electron chi connectivity index (χ4n) is 5.45. The van der Waals surface area contributed by atoms with E-state index in [2.05, 4.69) is 10.1 Å². The molecule has 41 heavy (non-hydrogen) atoms. The van der Waals surface area contributed by atoms with E-state index in [4.69, 9.17) is 10.5 Å². The lowest BCUT2D eigenvalue weighted by Gasteiger charge is -2.43. The Bertz CT molecular complexity index is 1350. The zero-order valence-electron chi connectivity index (χ0n) is 23.6. The number of hydrogen-bond donors (Lipinski definition) is 3. The molecule has 0 aromatic heterocycles. The number of nitrogens with zero attached hydrogens (tertiary/aromatic N) is 1. The summed E-state index contributed by atoms with van der Waals surface area (Å²) in [6.45, 7) is 3.37. The highest BCUT2D eigenvalue weighted by Crippen LogP contribution is 2.45. The molecule has 1 aliphatic rings.